The second-order valence-corrected chi connectivity index (χ2v) is 5.40. The number of guanidine groups is 1. The molecule has 2 N–H and O–H groups in total. The van der Waals surface area contributed by atoms with E-state index in [2.05, 4.69) is 20.6 Å². The van der Waals surface area contributed by atoms with Gasteiger partial charge < -0.3 is 19.8 Å². The van der Waals surface area contributed by atoms with E-state index in [1.807, 2.05) is 6.92 Å². The predicted molar refractivity (Wildman–Crippen MR) is 91.4 cm³/mol. The zero-order valence-corrected chi connectivity index (χ0v) is 14.2. The monoisotopic (exact) mass is 334 g/mol. The van der Waals surface area contributed by atoms with Crippen molar-refractivity contribution in [2.24, 2.45) is 4.99 Å². The topological polar surface area (TPSA) is 71.7 Å². The van der Waals surface area contributed by atoms with Gasteiger partial charge in [-0.05, 0) is 31.2 Å². The van der Waals surface area contributed by atoms with Crippen LogP contribution in [0.15, 0.2) is 39.9 Å². The van der Waals surface area contributed by atoms with Crippen LogP contribution in [0.25, 0.3) is 11.5 Å². The van der Waals surface area contributed by atoms with E-state index >= 15 is 0 Å². The normalized spacial score (nSPS) is 12.9. The molecule has 24 heavy (non-hydrogen) atoms. The van der Waals surface area contributed by atoms with Crippen LogP contribution in [0.3, 0.4) is 0 Å². The summed E-state index contributed by atoms with van der Waals surface area (Å²) in [6.07, 6.45) is 2.30. The minimum Gasteiger partial charge on any atom is -0.444 e. The summed E-state index contributed by atoms with van der Waals surface area (Å²) in [4.78, 5) is 8.58. The lowest BCUT2D eigenvalue weighted by atomic mass is 10.2. The summed E-state index contributed by atoms with van der Waals surface area (Å²) in [6, 6.07) is 6.23. The molecule has 0 radical (unpaired) electrons. The van der Waals surface area contributed by atoms with E-state index in [1.165, 1.54) is 12.1 Å². The standard InChI is InChI=1S/C17H23FN4O2/c1-12(10-23-3)21-17(19-2)20-9-8-15-11-24-16(22-15)13-4-6-14(18)7-5-13/h4-7,11-12H,8-10H2,1-3H3,(H2,19,20,21). The lowest BCUT2D eigenvalue weighted by Gasteiger charge is -2.16. The second kappa shape index (κ2) is 9.02. The Morgan fingerprint density at radius 2 is 2.12 bits per heavy atom. The number of nitrogens with one attached hydrogen (secondary N) is 2. The molecule has 0 bridgehead atoms. The zero-order valence-electron chi connectivity index (χ0n) is 14.2. The number of ether oxygens (including phenoxy) is 1. The van der Waals surface area contributed by atoms with Gasteiger partial charge in [-0.3, -0.25) is 4.99 Å². The van der Waals surface area contributed by atoms with Gasteiger partial charge in [0.15, 0.2) is 5.96 Å². The fraction of sp³-hybridized carbons (Fsp3) is 0.412. The third kappa shape index (κ3) is 5.34. The molecule has 0 aliphatic rings. The van der Waals surface area contributed by atoms with Gasteiger partial charge >= 0.3 is 0 Å². The number of oxazole rings is 1. The molecule has 1 heterocycles. The second-order valence-electron chi connectivity index (χ2n) is 5.40. The number of benzene rings is 1. The van der Waals surface area contributed by atoms with Crippen LogP contribution in [0.4, 0.5) is 4.39 Å². The Kier molecular flexibility index (Phi) is 6.74. The number of halogens is 1. The molecule has 0 fully saturated rings. The molecule has 130 valence electrons. The SMILES string of the molecule is CN=C(NCCc1coc(-c2ccc(F)cc2)n1)NC(C)COC. The maximum absolute atomic E-state index is 12.9. The Balaban J connectivity index is 1.83. The molecule has 1 aromatic heterocycles. The third-order valence-electron chi connectivity index (χ3n) is 3.34. The van der Waals surface area contributed by atoms with E-state index in [4.69, 9.17) is 9.15 Å². The van der Waals surface area contributed by atoms with Crippen LogP contribution in [0.2, 0.25) is 0 Å². The van der Waals surface area contributed by atoms with Gasteiger partial charge in [0.05, 0.1) is 12.3 Å². The van der Waals surface area contributed by atoms with Gasteiger partial charge in [-0.15, -0.1) is 0 Å². The van der Waals surface area contributed by atoms with Crippen LogP contribution in [-0.2, 0) is 11.2 Å². The number of aromatic nitrogens is 1. The highest BCUT2D eigenvalue weighted by atomic mass is 19.1. The van der Waals surface area contributed by atoms with Gasteiger partial charge in [0.25, 0.3) is 0 Å². The Hall–Kier alpha value is -2.41. The molecule has 2 rings (SSSR count). The van der Waals surface area contributed by atoms with E-state index in [1.54, 1.807) is 32.6 Å². The molecule has 0 saturated heterocycles. The summed E-state index contributed by atoms with van der Waals surface area (Å²) in [6.45, 7) is 3.28. The number of nitrogens with zero attached hydrogens (tertiary/aromatic N) is 2. The number of hydrogen-bond donors (Lipinski definition) is 2. The smallest absolute Gasteiger partial charge is 0.226 e. The lowest BCUT2D eigenvalue weighted by Crippen LogP contribution is -2.44. The number of aliphatic imine (C=N–C) groups is 1. The molecule has 0 spiro atoms. The van der Waals surface area contributed by atoms with Crippen molar-refractivity contribution in [3.63, 3.8) is 0 Å². The first-order valence-electron chi connectivity index (χ1n) is 7.79. The molecule has 0 saturated carbocycles. The quantitative estimate of drug-likeness (QED) is 0.600. The summed E-state index contributed by atoms with van der Waals surface area (Å²) in [5.74, 6) is 0.916. The first-order chi connectivity index (χ1) is 11.6. The molecule has 0 aliphatic carbocycles. The van der Waals surface area contributed by atoms with Crippen molar-refractivity contribution in [1.82, 2.24) is 15.6 Å². The minimum atomic E-state index is -0.281. The molecule has 2 aromatic rings. The summed E-state index contributed by atoms with van der Waals surface area (Å²) >= 11 is 0. The Morgan fingerprint density at radius 1 is 1.38 bits per heavy atom. The van der Waals surface area contributed by atoms with Crippen molar-refractivity contribution >= 4 is 5.96 Å². The fourth-order valence-electron chi connectivity index (χ4n) is 2.18. The zero-order chi connectivity index (χ0) is 17.4. The minimum absolute atomic E-state index is 0.165. The van der Waals surface area contributed by atoms with Crippen LogP contribution >= 0.6 is 0 Å². The molecular formula is C17H23FN4O2. The molecular weight excluding hydrogens is 311 g/mol. The van der Waals surface area contributed by atoms with E-state index in [0.29, 0.717) is 31.4 Å². The lowest BCUT2D eigenvalue weighted by molar-refractivity contribution is 0.179. The molecule has 1 unspecified atom stereocenters. The van der Waals surface area contributed by atoms with Gasteiger partial charge in [0.2, 0.25) is 5.89 Å². The van der Waals surface area contributed by atoms with Crippen LogP contribution in [0.5, 0.6) is 0 Å². The van der Waals surface area contributed by atoms with Gasteiger partial charge in [0.1, 0.15) is 12.1 Å². The van der Waals surface area contributed by atoms with Crippen LogP contribution in [-0.4, -0.2) is 44.3 Å². The van der Waals surface area contributed by atoms with Crippen molar-refractivity contribution in [3.8, 4) is 11.5 Å². The fourth-order valence-corrected chi connectivity index (χ4v) is 2.18. The van der Waals surface area contributed by atoms with Gasteiger partial charge in [0, 0.05) is 38.7 Å². The van der Waals surface area contributed by atoms with Crippen LogP contribution in [0.1, 0.15) is 12.6 Å². The van der Waals surface area contributed by atoms with Crippen molar-refractivity contribution < 1.29 is 13.5 Å². The molecule has 0 aliphatic heterocycles. The maximum Gasteiger partial charge on any atom is 0.226 e. The Morgan fingerprint density at radius 3 is 2.79 bits per heavy atom. The van der Waals surface area contributed by atoms with Crippen molar-refractivity contribution in [2.75, 3.05) is 27.3 Å². The highest BCUT2D eigenvalue weighted by molar-refractivity contribution is 5.79. The van der Waals surface area contributed by atoms with Gasteiger partial charge in [-0.25, -0.2) is 9.37 Å². The average molecular weight is 334 g/mol. The molecule has 7 heteroatoms. The van der Waals surface area contributed by atoms with Crippen LogP contribution < -0.4 is 10.6 Å². The summed E-state index contributed by atoms with van der Waals surface area (Å²) in [7, 11) is 3.38. The van der Waals surface area contributed by atoms with Crippen molar-refractivity contribution in [3.05, 3.63) is 42.0 Å². The van der Waals surface area contributed by atoms with E-state index in [0.717, 1.165) is 11.3 Å². The summed E-state index contributed by atoms with van der Waals surface area (Å²) in [5, 5.41) is 6.44. The summed E-state index contributed by atoms with van der Waals surface area (Å²) < 4.78 is 23.5. The van der Waals surface area contributed by atoms with Crippen LogP contribution in [0, 0.1) is 5.82 Å². The van der Waals surface area contributed by atoms with E-state index in [9.17, 15) is 4.39 Å². The highest BCUT2D eigenvalue weighted by Gasteiger charge is 2.08. The molecule has 6 nitrogen and oxygen atoms in total. The predicted octanol–water partition coefficient (Wildman–Crippen LogP) is 2.22. The first kappa shape index (κ1) is 17.9. The van der Waals surface area contributed by atoms with E-state index in [-0.39, 0.29) is 11.9 Å². The Bertz CT molecular complexity index is 655. The highest BCUT2D eigenvalue weighted by Crippen LogP contribution is 2.18. The number of methoxy groups -OCH3 is 1. The number of hydrogen-bond acceptors (Lipinski definition) is 4. The van der Waals surface area contributed by atoms with Gasteiger partial charge in [-0.1, -0.05) is 0 Å². The average Bonchev–Trinajstić information content (AvgIpc) is 3.03. The summed E-state index contributed by atoms with van der Waals surface area (Å²) in [5.41, 5.74) is 1.57. The van der Waals surface area contributed by atoms with Crippen molar-refractivity contribution in [1.29, 1.82) is 0 Å². The van der Waals surface area contributed by atoms with E-state index < -0.39 is 0 Å². The third-order valence-corrected chi connectivity index (χ3v) is 3.34. The maximum atomic E-state index is 12.9. The first-order valence-corrected chi connectivity index (χ1v) is 7.79. The molecule has 1 aromatic carbocycles. The molecule has 1 atom stereocenters. The Labute approximate surface area is 141 Å². The largest absolute Gasteiger partial charge is 0.444 e. The van der Waals surface area contributed by atoms with Crippen molar-refractivity contribution in [2.45, 2.75) is 19.4 Å². The van der Waals surface area contributed by atoms with Gasteiger partial charge in [-0.2, -0.15) is 0 Å². The molecule has 0 amide bonds. The number of rotatable bonds is 7.